The first-order valence-corrected chi connectivity index (χ1v) is 8.34. The lowest BCUT2D eigenvalue weighted by Crippen LogP contribution is -2.26. The van der Waals surface area contributed by atoms with E-state index in [4.69, 9.17) is 5.11 Å². The summed E-state index contributed by atoms with van der Waals surface area (Å²) in [6, 6.07) is 7.19. The van der Waals surface area contributed by atoms with Crippen molar-refractivity contribution < 1.29 is 14.7 Å². The summed E-state index contributed by atoms with van der Waals surface area (Å²) in [6.45, 7) is 5.57. The van der Waals surface area contributed by atoms with Gasteiger partial charge in [-0.15, -0.1) is 11.3 Å². The molecule has 0 aliphatic rings. The Labute approximate surface area is 139 Å². The Balaban J connectivity index is 2.07. The maximum absolute atomic E-state index is 12.3. The predicted molar refractivity (Wildman–Crippen MR) is 90.1 cm³/mol. The summed E-state index contributed by atoms with van der Waals surface area (Å²) in [5, 5.41) is 12.5. The average molecular weight is 332 g/mol. The quantitative estimate of drug-likeness (QED) is 0.847. The summed E-state index contributed by atoms with van der Waals surface area (Å²) in [5.41, 5.74) is 2.27. The van der Waals surface area contributed by atoms with Gasteiger partial charge in [0.25, 0.3) is 5.91 Å². The van der Waals surface area contributed by atoms with Crippen LogP contribution in [-0.2, 0) is 6.42 Å². The third-order valence-electron chi connectivity index (χ3n) is 3.48. The van der Waals surface area contributed by atoms with Gasteiger partial charge in [0, 0.05) is 5.56 Å². The molecule has 0 spiro atoms. The highest BCUT2D eigenvalue weighted by Crippen LogP contribution is 2.23. The molecular weight excluding hydrogens is 312 g/mol. The molecule has 1 atom stereocenters. The van der Waals surface area contributed by atoms with E-state index >= 15 is 0 Å². The largest absolute Gasteiger partial charge is 0.477 e. The molecule has 5 nitrogen and oxygen atoms in total. The van der Waals surface area contributed by atoms with Crippen molar-refractivity contribution in [3.63, 3.8) is 0 Å². The van der Waals surface area contributed by atoms with E-state index in [1.807, 2.05) is 24.3 Å². The summed E-state index contributed by atoms with van der Waals surface area (Å²) in [4.78, 5) is 27.8. The maximum atomic E-state index is 12.3. The summed E-state index contributed by atoms with van der Waals surface area (Å²) < 4.78 is 0. The van der Waals surface area contributed by atoms with Crippen molar-refractivity contribution in [1.82, 2.24) is 10.3 Å². The standard InChI is InChI=1S/C17H20N2O3S/c1-4-5-12-6-8-13(9-7-12)15(20)18-11(3)16-19-10(2)14(23-16)17(21)22/h6-9,11H,4-5H2,1-3H3,(H,18,20)(H,21,22). The van der Waals surface area contributed by atoms with E-state index in [2.05, 4.69) is 17.2 Å². The van der Waals surface area contributed by atoms with Gasteiger partial charge in [-0.2, -0.15) is 0 Å². The predicted octanol–water partition coefficient (Wildman–Crippen LogP) is 3.59. The minimum atomic E-state index is -0.990. The molecule has 0 fully saturated rings. The van der Waals surface area contributed by atoms with Crippen LogP contribution < -0.4 is 5.32 Å². The number of aromatic nitrogens is 1. The van der Waals surface area contributed by atoms with E-state index < -0.39 is 5.97 Å². The number of carboxylic acids is 1. The third-order valence-corrected chi connectivity index (χ3v) is 4.81. The second-order valence-corrected chi connectivity index (χ2v) is 6.44. The monoisotopic (exact) mass is 332 g/mol. The fourth-order valence-electron chi connectivity index (χ4n) is 2.25. The number of nitrogens with one attached hydrogen (secondary N) is 1. The number of hydrogen-bond acceptors (Lipinski definition) is 4. The molecule has 0 aliphatic carbocycles. The zero-order chi connectivity index (χ0) is 17.0. The van der Waals surface area contributed by atoms with Crippen LogP contribution in [0.15, 0.2) is 24.3 Å². The Morgan fingerprint density at radius 3 is 2.48 bits per heavy atom. The number of carboxylic acid groups (broad SMARTS) is 1. The van der Waals surface area contributed by atoms with Crippen molar-refractivity contribution in [1.29, 1.82) is 0 Å². The number of benzene rings is 1. The molecule has 1 aromatic heterocycles. The zero-order valence-electron chi connectivity index (χ0n) is 13.4. The smallest absolute Gasteiger partial charge is 0.347 e. The molecule has 1 aromatic carbocycles. The lowest BCUT2D eigenvalue weighted by Gasteiger charge is -2.11. The first-order valence-electron chi connectivity index (χ1n) is 7.52. The van der Waals surface area contributed by atoms with Crippen LogP contribution in [0.25, 0.3) is 0 Å². The van der Waals surface area contributed by atoms with Crippen LogP contribution in [0.2, 0.25) is 0 Å². The van der Waals surface area contributed by atoms with Gasteiger partial charge in [-0.05, 0) is 38.0 Å². The van der Waals surface area contributed by atoms with Crippen LogP contribution in [0, 0.1) is 6.92 Å². The first-order chi connectivity index (χ1) is 10.9. The summed E-state index contributed by atoms with van der Waals surface area (Å²) in [5.74, 6) is -1.18. The van der Waals surface area contributed by atoms with E-state index in [9.17, 15) is 9.59 Å². The molecule has 0 bridgehead atoms. The second-order valence-electron chi connectivity index (χ2n) is 5.41. The van der Waals surface area contributed by atoms with E-state index in [0.29, 0.717) is 16.3 Å². The number of thiazole rings is 1. The highest BCUT2D eigenvalue weighted by atomic mass is 32.1. The molecule has 23 heavy (non-hydrogen) atoms. The van der Waals surface area contributed by atoms with Crippen molar-refractivity contribution in [3.05, 3.63) is 51.0 Å². The molecule has 0 radical (unpaired) electrons. The molecule has 2 N–H and O–H groups in total. The van der Waals surface area contributed by atoms with Crippen molar-refractivity contribution in [2.24, 2.45) is 0 Å². The number of hydrogen-bond donors (Lipinski definition) is 2. The van der Waals surface area contributed by atoms with Gasteiger partial charge in [-0.3, -0.25) is 4.79 Å². The topological polar surface area (TPSA) is 79.3 Å². The van der Waals surface area contributed by atoms with Crippen LogP contribution in [0.1, 0.15) is 62.6 Å². The third kappa shape index (κ3) is 4.16. The van der Waals surface area contributed by atoms with Crippen molar-refractivity contribution >= 4 is 23.2 Å². The Morgan fingerprint density at radius 1 is 1.30 bits per heavy atom. The zero-order valence-corrected chi connectivity index (χ0v) is 14.2. The fraction of sp³-hybridized carbons (Fsp3) is 0.353. The molecule has 2 aromatic rings. The van der Waals surface area contributed by atoms with Crippen LogP contribution in [0.5, 0.6) is 0 Å². The molecule has 1 heterocycles. The SMILES string of the molecule is CCCc1ccc(C(=O)NC(C)c2nc(C)c(C(=O)O)s2)cc1. The Kier molecular flexibility index (Phi) is 5.50. The number of carbonyl (C=O) groups is 2. The number of aryl methyl sites for hydroxylation is 2. The molecule has 0 saturated heterocycles. The Morgan fingerprint density at radius 2 is 1.96 bits per heavy atom. The second kappa shape index (κ2) is 7.37. The highest BCUT2D eigenvalue weighted by Gasteiger charge is 2.19. The van der Waals surface area contributed by atoms with Gasteiger partial charge in [-0.1, -0.05) is 25.5 Å². The lowest BCUT2D eigenvalue weighted by molar-refractivity contribution is 0.0701. The number of amides is 1. The summed E-state index contributed by atoms with van der Waals surface area (Å²) in [7, 11) is 0. The molecule has 0 aliphatic heterocycles. The maximum Gasteiger partial charge on any atom is 0.347 e. The summed E-state index contributed by atoms with van der Waals surface area (Å²) >= 11 is 1.10. The Bertz CT molecular complexity index is 707. The minimum Gasteiger partial charge on any atom is -0.477 e. The van der Waals surface area contributed by atoms with Gasteiger partial charge in [0.05, 0.1) is 11.7 Å². The minimum absolute atomic E-state index is 0.190. The van der Waals surface area contributed by atoms with Gasteiger partial charge >= 0.3 is 5.97 Å². The molecule has 1 amide bonds. The average Bonchev–Trinajstić information content (AvgIpc) is 2.90. The van der Waals surface area contributed by atoms with Crippen molar-refractivity contribution in [2.45, 2.75) is 39.7 Å². The number of aromatic carboxylic acids is 1. The van der Waals surface area contributed by atoms with E-state index in [-0.39, 0.29) is 16.8 Å². The van der Waals surface area contributed by atoms with E-state index in [1.54, 1.807) is 13.8 Å². The van der Waals surface area contributed by atoms with Gasteiger partial charge in [0.15, 0.2) is 0 Å². The van der Waals surface area contributed by atoms with Crippen molar-refractivity contribution in [3.8, 4) is 0 Å². The van der Waals surface area contributed by atoms with Crippen LogP contribution >= 0.6 is 11.3 Å². The van der Waals surface area contributed by atoms with Crippen LogP contribution in [0.4, 0.5) is 0 Å². The summed E-state index contributed by atoms with van der Waals surface area (Å²) in [6.07, 6.45) is 2.06. The molecule has 0 saturated carbocycles. The molecule has 2 rings (SSSR count). The van der Waals surface area contributed by atoms with Gasteiger partial charge in [0.1, 0.15) is 9.88 Å². The number of nitrogens with zero attached hydrogens (tertiary/aromatic N) is 1. The molecule has 122 valence electrons. The van der Waals surface area contributed by atoms with Crippen LogP contribution in [-0.4, -0.2) is 22.0 Å². The van der Waals surface area contributed by atoms with E-state index in [1.165, 1.54) is 5.56 Å². The number of rotatable bonds is 6. The van der Waals surface area contributed by atoms with Crippen molar-refractivity contribution in [2.75, 3.05) is 0 Å². The lowest BCUT2D eigenvalue weighted by atomic mass is 10.1. The molecular formula is C17H20N2O3S. The Hall–Kier alpha value is -2.21. The molecule has 6 heteroatoms. The number of carbonyl (C=O) groups excluding carboxylic acids is 1. The van der Waals surface area contributed by atoms with Gasteiger partial charge < -0.3 is 10.4 Å². The normalized spacial score (nSPS) is 12.0. The van der Waals surface area contributed by atoms with Gasteiger partial charge in [0.2, 0.25) is 0 Å². The van der Waals surface area contributed by atoms with Crippen LogP contribution in [0.3, 0.4) is 0 Å². The first kappa shape index (κ1) is 17.1. The molecule has 1 unspecified atom stereocenters. The fourth-order valence-corrected chi connectivity index (χ4v) is 3.16. The van der Waals surface area contributed by atoms with E-state index in [0.717, 1.165) is 24.2 Å². The highest BCUT2D eigenvalue weighted by molar-refractivity contribution is 7.13. The van der Waals surface area contributed by atoms with Gasteiger partial charge in [-0.25, -0.2) is 9.78 Å².